The van der Waals surface area contributed by atoms with E-state index in [1.807, 2.05) is 24.3 Å². The van der Waals surface area contributed by atoms with Gasteiger partial charge in [0.25, 0.3) is 0 Å². The fourth-order valence-electron chi connectivity index (χ4n) is 1.68. The Kier molecular flexibility index (Phi) is 5.01. The third-order valence-electron chi connectivity index (χ3n) is 2.73. The van der Waals surface area contributed by atoms with Gasteiger partial charge in [0.1, 0.15) is 18.1 Å². The van der Waals surface area contributed by atoms with Crippen molar-refractivity contribution in [1.29, 1.82) is 0 Å². The summed E-state index contributed by atoms with van der Waals surface area (Å²) in [7, 11) is 1.59. The Labute approximate surface area is 125 Å². The summed E-state index contributed by atoms with van der Waals surface area (Å²) in [5.74, 6) is 1.29. The number of hydrogen-bond donors (Lipinski definition) is 1. The average Bonchev–Trinajstić information content (AvgIpc) is 2.48. The van der Waals surface area contributed by atoms with E-state index in [2.05, 4.69) is 21.1 Å². The minimum Gasteiger partial charge on any atom is -0.497 e. The van der Waals surface area contributed by atoms with Crippen LogP contribution in [-0.4, -0.2) is 18.5 Å². The molecular formula is C15H14BrNO3. The Morgan fingerprint density at radius 2 is 1.95 bits per heavy atom. The number of ether oxygens (including phenoxy) is 2. The highest BCUT2D eigenvalue weighted by Gasteiger charge is 2.05. The quantitative estimate of drug-likeness (QED) is 0.513. The summed E-state index contributed by atoms with van der Waals surface area (Å²) < 4.78 is 11.9. The van der Waals surface area contributed by atoms with E-state index in [1.54, 1.807) is 25.3 Å². The highest BCUT2D eigenvalue weighted by atomic mass is 79.9. The topological polar surface area (TPSA) is 51.0 Å². The normalized spacial score (nSPS) is 10.7. The van der Waals surface area contributed by atoms with Crippen molar-refractivity contribution in [2.75, 3.05) is 7.11 Å². The van der Waals surface area contributed by atoms with Gasteiger partial charge >= 0.3 is 0 Å². The van der Waals surface area contributed by atoms with E-state index < -0.39 is 0 Å². The molecule has 1 N–H and O–H groups in total. The zero-order valence-corrected chi connectivity index (χ0v) is 12.5. The molecule has 2 aromatic carbocycles. The number of nitrogens with zero attached hydrogens (tertiary/aromatic N) is 1. The van der Waals surface area contributed by atoms with Gasteiger partial charge < -0.3 is 14.7 Å². The van der Waals surface area contributed by atoms with Crippen LogP contribution in [0.1, 0.15) is 11.1 Å². The monoisotopic (exact) mass is 335 g/mol. The van der Waals surface area contributed by atoms with E-state index in [0.717, 1.165) is 10.0 Å². The molecule has 0 amide bonds. The molecule has 0 aliphatic carbocycles. The molecule has 20 heavy (non-hydrogen) atoms. The fraction of sp³-hybridized carbons (Fsp3) is 0.133. The maximum atomic E-state index is 8.66. The maximum Gasteiger partial charge on any atom is 0.132 e. The zero-order chi connectivity index (χ0) is 14.4. The van der Waals surface area contributed by atoms with Crippen molar-refractivity contribution in [3.63, 3.8) is 0 Å². The van der Waals surface area contributed by atoms with Gasteiger partial charge in [-0.25, -0.2) is 0 Å². The standard InChI is InChI=1S/C15H14BrNO3/c1-19-14-7-4-12(9-17-18)15(8-14)20-10-11-2-5-13(16)6-3-11/h2-9,18H,10H2,1H3. The molecule has 0 spiro atoms. The molecule has 104 valence electrons. The van der Waals surface area contributed by atoms with Crippen molar-refractivity contribution in [2.24, 2.45) is 5.16 Å². The molecule has 5 heteroatoms. The van der Waals surface area contributed by atoms with Gasteiger partial charge in [-0.2, -0.15) is 0 Å². The van der Waals surface area contributed by atoms with Gasteiger partial charge in [0.05, 0.1) is 13.3 Å². The first kappa shape index (κ1) is 14.4. The number of oxime groups is 1. The van der Waals surface area contributed by atoms with Crippen molar-refractivity contribution >= 4 is 22.1 Å². The fourth-order valence-corrected chi connectivity index (χ4v) is 1.94. The van der Waals surface area contributed by atoms with E-state index in [0.29, 0.717) is 23.7 Å². The van der Waals surface area contributed by atoms with Crippen LogP contribution >= 0.6 is 15.9 Å². The molecule has 0 saturated carbocycles. The van der Waals surface area contributed by atoms with E-state index in [-0.39, 0.29) is 0 Å². The minimum atomic E-state index is 0.423. The molecule has 0 aromatic heterocycles. The lowest BCUT2D eigenvalue weighted by Gasteiger charge is -2.10. The van der Waals surface area contributed by atoms with Gasteiger partial charge in [-0.15, -0.1) is 0 Å². The van der Waals surface area contributed by atoms with Crippen molar-refractivity contribution in [2.45, 2.75) is 6.61 Å². The highest BCUT2D eigenvalue weighted by molar-refractivity contribution is 9.10. The van der Waals surface area contributed by atoms with Crippen LogP contribution in [0, 0.1) is 0 Å². The molecule has 0 atom stereocenters. The van der Waals surface area contributed by atoms with Crippen LogP contribution < -0.4 is 9.47 Å². The van der Waals surface area contributed by atoms with E-state index in [9.17, 15) is 0 Å². The molecule has 0 saturated heterocycles. The van der Waals surface area contributed by atoms with Crippen molar-refractivity contribution < 1.29 is 14.7 Å². The lowest BCUT2D eigenvalue weighted by molar-refractivity contribution is 0.301. The average molecular weight is 336 g/mol. The SMILES string of the molecule is COc1ccc(C=NO)c(OCc2ccc(Br)cc2)c1. The number of rotatable bonds is 5. The molecule has 0 heterocycles. The maximum absolute atomic E-state index is 8.66. The summed E-state index contributed by atoms with van der Waals surface area (Å²) in [6.45, 7) is 0.423. The van der Waals surface area contributed by atoms with Crippen LogP contribution in [-0.2, 0) is 6.61 Å². The molecule has 0 radical (unpaired) electrons. The van der Waals surface area contributed by atoms with Gasteiger partial charge in [-0.1, -0.05) is 33.2 Å². The first-order valence-corrected chi connectivity index (χ1v) is 6.75. The molecule has 0 bridgehead atoms. The first-order chi connectivity index (χ1) is 9.72. The zero-order valence-electron chi connectivity index (χ0n) is 10.9. The molecule has 2 rings (SSSR count). The van der Waals surface area contributed by atoms with Crippen LogP contribution in [0.3, 0.4) is 0 Å². The molecule has 0 unspecified atom stereocenters. The summed E-state index contributed by atoms with van der Waals surface area (Å²) in [4.78, 5) is 0. The van der Waals surface area contributed by atoms with Crippen molar-refractivity contribution in [3.05, 3.63) is 58.1 Å². The number of methoxy groups -OCH3 is 1. The van der Waals surface area contributed by atoms with Crippen LogP contribution in [0.15, 0.2) is 52.1 Å². The molecular weight excluding hydrogens is 322 g/mol. The summed E-state index contributed by atoms with van der Waals surface area (Å²) in [6, 6.07) is 13.2. The summed E-state index contributed by atoms with van der Waals surface area (Å²) in [6.07, 6.45) is 1.33. The summed E-state index contributed by atoms with van der Waals surface area (Å²) >= 11 is 3.39. The van der Waals surface area contributed by atoms with Crippen molar-refractivity contribution in [3.8, 4) is 11.5 Å². The molecule has 0 aliphatic heterocycles. The van der Waals surface area contributed by atoms with Crippen LogP contribution in [0.4, 0.5) is 0 Å². The Morgan fingerprint density at radius 3 is 2.60 bits per heavy atom. The first-order valence-electron chi connectivity index (χ1n) is 5.95. The Morgan fingerprint density at radius 1 is 1.20 bits per heavy atom. The van der Waals surface area contributed by atoms with Crippen LogP contribution in [0.2, 0.25) is 0 Å². The molecule has 4 nitrogen and oxygen atoms in total. The lowest BCUT2D eigenvalue weighted by Crippen LogP contribution is -1.99. The number of halogens is 1. The Bertz CT molecular complexity index is 597. The largest absolute Gasteiger partial charge is 0.497 e. The van der Waals surface area contributed by atoms with Crippen LogP contribution in [0.5, 0.6) is 11.5 Å². The smallest absolute Gasteiger partial charge is 0.132 e. The molecule has 0 fully saturated rings. The summed E-state index contributed by atoms with van der Waals surface area (Å²) in [5.41, 5.74) is 1.73. The molecule has 0 aliphatic rings. The minimum absolute atomic E-state index is 0.423. The number of hydrogen-bond acceptors (Lipinski definition) is 4. The summed E-state index contributed by atoms with van der Waals surface area (Å²) in [5, 5.41) is 11.7. The lowest BCUT2D eigenvalue weighted by atomic mass is 10.2. The van der Waals surface area contributed by atoms with E-state index in [1.165, 1.54) is 6.21 Å². The van der Waals surface area contributed by atoms with Crippen LogP contribution in [0.25, 0.3) is 0 Å². The van der Waals surface area contributed by atoms with Crippen molar-refractivity contribution in [1.82, 2.24) is 0 Å². The predicted molar refractivity (Wildman–Crippen MR) is 80.8 cm³/mol. The second kappa shape index (κ2) is 6.96. The number of benzene rings is 2. The van der Waals surface area contributed by atoms with Gasteiger partial charge in [0.15, 0.2) is 0 Å². The van der Waals surface area contributed by atoms with E-state index in [4.69, 9.17) is 14.7 Å². The van der Waals surface area contributed by atoms with Gasteiger partial charge in [-0.3, -0.25) is 0 Å². The van der Waals surface area contributed by atoms with E-state index >= 15 is 0 Å². The van der Waals surface area contributed by atoms with Gasteiger partial charge in [-0.05, 0) is 29.8 Å². The predicted octanol–water partition coefficient (Wildman–Crippen LogP) is 3.84. The molecule has 2 aromatic rings. The third-order valence-corrected chi connectivity index (χ3v) is 3.25. The Hall–Kier alpha value is -2.01. The van der Waals surface area contributed by atoms with Gasteiger partial charge in [0.2, 0.25) is 0 Å². The highest BCUT2D eigenvalue weighted by Crippen LogP contribution is 2.24. The second-order valence-corrected chi connectivity index (χ2v) is 4.98. The Balaban J connectivity index is 2.16. The van der Waals surface area contributed by atoms with Gasteiger partial charge in [0, 0.05) is 16.1 Å². The second-order valence-electron chi connectivity index (χ2n) is 4.06. The third kappa shape index (κ3) is 3.74.